The van der Waals surface area contributed by atoms with Gasteiger partial charge in [-0.25, -0.2) is 0 Å². The second kappa shape index (κ2) is 5.97. The molecule has 1 aromatic carbocycles. The van der Waals surface area contributed by atoms with E-state index < -0.39 is 6.10 Å². The smallest absolute Gasteiger partial charge is 0.191 e. The van der Waals surface area contributed by atoms with Gasteiger partial charge >= 0.3 is 0 Å². The van der Waals surface area contributed by atoms with E-state index >= 15 is 0 Å². The van der Waals surface area contributed by atoms with Crippen molar-refractivity contribution in [2.45, 2.75) is 46.6 Å². The zero-order valence-electron chi connectivity index (χ0n) is 11.2. The number of aliphatic hydroxyl groups is 1. The van der Waals surface area contributed by atoms with E-state index in [-0.39, 0.29) is 11.7 Å². The molecule has 2 heteroatoms. The van der Waals surface area contributed by atoms with Gasteiger partial charge in [0.2, 0.25) is 0 Å². The topological polar surface area (TPSA) is 37.3 Å². The highest BCUT2D eigenvalue weighted by molar-refractivity contribution is 5.99. The van der Waals surface area contributed by atoms with E-state index in [2.05, 4.69) is 0 Å². The molecule has 0 radical (unpaired) electrons. The summed E-state index contributed by atoms with van der Waals surface area (Å²) in [6.45, 7) is 7.94. The minimum atomic E-state index is -0.869. The second-order valence-electron chi connectivity index (χ2n) is 4.76. The Hall–Kier alpha value is -1.15. The van der Waals surface area contributed by atoms with Gasteiger partial charge in [0, 0.05) is 5.56 Å². The molecule has 1 unspecified atom stereocenters. The van der Waals surface area contributed by atoms with Crippen molar-refractivity contribution in [2.75, 3.05) is 0 Å². The van der Waals surface area contributed by atoms with Gasteiger partial charge in [-0.15, -0.1) is 0 Å². The van der Waals surface area contributed by atoms with Crippen molar-refractivity contribution >= 4 is 5.78 Å². The van der Waals surface area contributed by atoms with Crippen molar-refractivity contribution in [3.8, 4) is 0 Å². The number of hydrogen-bond acceptors (Lipinski definition) is 2. The van der Waals surface area contributed by atoms with Crippen LogP contribution in [0.25, 0.3) is 0 Å². The molecule has 1 N–H and O–H groups in total. The first kappa shape index (κ1) is 13.9. The average molecular weight is 234 g/mol. The number of aryl methyl sites for hydroxylation is 2. The highest BCUT2D eigenvalue weighted by Crippen LogP contribution is 2.19. The fourth-order valence-electron chi connectivity index (χ4n) is 2.24. The predicted octanol–water partition coefficient (Wildman–Crippen LogP) is 3.28. The highest BCUT2D eigenvalue weighted by atomic mass is 16.3. The van der Waals surface area contributed by atoms with Gasteiger partial charge in [-0.05, 0) is 31.9 Å². The van der Waals surface area contributed by atoms with Crippen LogP contribution in [0.2, 0.25) is 0 Å². The van der Waals surface area contributed by atoms with Crippen LogP contribution in [0.5, 0.6) is 0 Å². The SMILES string of the molecule is CCC(CC)C(O)C(=O)c1cc(C)cc(C)c1. The molecule has 17 heavy (non-hydrogen) atoms. The lowest BCUT2D eigenvalue weighted by Crippen LogP contribution is -2.29. The van der Waals surface area contributed by atoms with E-state index in [1.165, 1.54) is 0 Å². The third-order valence-corrected chi connectivity index (χ3v) is 3.27. The molecule has 0 saturated carbocycles. The molecule has 0 aliphatic heterocycles. The van der Waals surface area contributed by atoms with E-state index in [0.29, 0.717) is 5.56 Å². The largest absolute Gasteiger partial charge is 0.385 e. The summed E-state index contributed by atoms with van der Waals surface area (Å²) in [6, 6.07) is 5.72. The van der Waals surface area contributed by atoms with E-state index in [1.807, 2.05) is 45.9 Å². The predicted molar refractivity (Wildman–Crippen MR) is 70.3 cm³/mol. The van der Waals surface area contributed by atoms with Crippen molar-refractivity contribution in [3.63, 3.8) is 0 Å². The third kappa shape index (κ3) is 3.40. The normalized spacial score (nSPS) is 12.8. The summed E-state index contributed by atoms with van der Waals surface area (Å²) in [4.78, 5) is 12.2. The number of rotatable bonds is 5. The molecule has 1 atom stereocenters. The molecule has 0 aliphatic rings. The number of benzene rings is 1. The Morgan fingerprint density at radius 2 is 1.59 bits per heavy atom. The first-order valence-electron chi connectivity index (χ1n) is 6.30. The lowest BCUT2D eigenvalue weighted by atomic mass is 9.90. The molecule has 94 valence electrons. The van der Waals surface area contributed by atoms with E-state index in [4.69, 9.17) is 0 Å². The van der Waals surface area contributed by atoms with Gasteiger partial charge in [-0.3, -0.25) is 4.79 Å². The lowest BCUT2D eigenvalue weighted by Gasteiger charge is -2.19. The van der Waals surface area contributed by atoms with Crippen LogP contribution in [0.15, 0.2) is 18.2 Å². The Labute approximate surface area is 104 Å². The summed E-state index contributed by atoms with van der Waals surface area (Å²) in [5.41, 5.74) is 2.75. The van der Waals surface area contributed by atoms with Crippen LogP contribution in [0.3, 0.4) is 0 Å². The molecule has 0 aromatic heterocycles. The second-order valence-corrected chi connectivity index (χ2v) is 4.76. The Kier molecular flexibility index (Phi) is 4.88. The summed E-state index contributed by atoms with van der Waals surface area (Å²) >= 11 is 0. The molecule has 0 amide bonds. The van der Waals surface area contributed by atoms with Crippen molar-refractivity contribution in [2.24, 2.45) is 5.92 Å². The first-order chi connectivity index (χ1) is 7.99. The number of Topliss-reactive ketones (excluding diaryl/α,β-unsaturated/α-hetero) is 1. The Morgan fingerprint density at radius 3 is 2.00 bits per heavy atom. The van der Waals surface area contributed by atoms with Crippen LogP contribution >= 0.6 is 0 Å². The van der Waals surface area contributed by atoms with E-state index in [0.717, 1.165) is 24.0 Å². The Balaban J connectivity index is 2.95. The van der Waals surface area contributed by atoms with Crippen molar-refractivity contribution in [1.29, 1.82) is 0 Å². The van der Waals surface area contributed by atoms with Crippen LogP contribution in [0.1, 0.15) is 48.2 Å². The highest BCUT2D eigenvalue weighted by Gasteiger charge is 2.24. The third-order valence-electron chi connectivity index (χ3n) is 3.27. The van der Waals surface area contributed by atoms with Gasteiger partial charge < -0.3 is 5.11 Å². The standard InChI is InChI=1S/C15H22O2/c1-5-12(6-2)14(16)15(17)13-8-10(3)7-11(4)9-13/h7-9,12,14,16H,5-6H2,1-4H3. The minimum absolute atomic E-state index is 0.0586. The van der Waals surface area contributed by atoms with Gasteiger partial charge in [0.1, 0.15) is 6.10 Å². The molecule has 1 aromatic rings. The molecule has 2 nitrogen and oxygen atoms in total. The molecule has 0 fully saturated rings. The van der Waals surface area contributed by atoms with E-state index in [9.17, 15) is 9.90 Å². The van der Waals surface area contributed by atoms with Gasteiger partial charge in [-0.2, -0.15) is 0 Å². The average Bonchev–Trinajstić information content (AvgIpc) is 2.28. The number of hydrogen-bond donors (Lipinski definition) is 1. The summed E-state index contributed by atoms with van der Waals surface area (Å²) in [5, 5.41) is 10.1. The zero-order chi connectivity index (χ0) is 13.0. The number of ketones is 1. The summed E-state index contributed by atoms with van der Waals surface area (Å²) in [7, 11) is 0. The van der Waals surface area contributed by atoms with Crippen LogP contribution < -0.4 is 0 Å². The summed E-state index contributed by atoms with van der Waals surface area (Å²) < 4.78 is 0. The van der Waals surface area contributed by atoms with Crippen LogP contribution in [-0.4, -0.2) is 17.0 Å². The monoisotopic (exact) mass is 234 g/mol. The molecule has 0 heterocycles. The summed E-state index contributed by atoms with van der Waals surface area (Å²) in [5.74, 6) is -0.0891. The molecular weight excluding hydrogens is 212 g/mol. The van der Waals surface area contributed by atoms with E-state index in [1.54, 1.807) is 0 Å². The Morgan fingerprint density at radius 1 is 1.12 bits per heavy atom. The molecular formula is C15H22O2. The van der Waals surface area contributed by atoms with Gasteiger partial charge in [0.25, 0.3) is 0 Å². The van der Waals surface area contributed by atoms with Gasteiger partial charge in [0.15, 0.2) is 5.78 Å². The van der Waals surface area contributed by atoms with Crippen molar-refractivity contribution < 1.29 is 9.90 Å². The maximum atomic E-state index is 12.2. The van der Waals surface area contributed by atoms with Crippen LogP contribution in [-0.2, 0) is 0 Å². The maximum Gasteiger partial charge on any atom is 0.191 e. The fourth-order valence-corrected chi connectivity index (χ4v) is 2.24. The maximum absolute atomic E-state index is 12.2. The number of aliphatic hydroxyl groups excluding tert-OH is 1. The molecule has 0 aliphatic carbocycles. The molecule has 0 spiro atoms. The van der Waals surface area contributed by atoms with Gasteiger partial charge in [-0.1, -0.05) is 43.9 Å². The lowest BCUT2D eigenvalue weighted by molar-refractivity contribution is 0.0588. The molecule has 1 rings (SSSR count). The molecule has 0 saturated heterocycles. The fraction of sp³-hybridized carbons (Fsp3) is 0.533. The first-order valence-corrected chi connectivity index (χ1v) is 6.30. The number of carbonyl (C=O) groups excluding carboxylic acids is 1. The number of carbonyl (C=O) groups is 1. The van der Waals surface area contributed by atoms with Gasteiger partial charge in [0.05, 0.1) is 0 Å². The van der Waals surface area contributed by atoms with Crippen molar-refractivity contribution in [1.82, 2.24) is 0 Å². The quantitative estimate of drug-likeness (QED) is 0.794. The Bertz CT molecular complexity index is 372. The molecule has 0 bridgehead atoms. The van der Waals surface area contributed by atoms with Crippen LogP contribution in [0.4, 0.5) is 0 Å². The minimum Gasteiger partial charge on any atom is -0.385 e. The van der Waals surface area contributed by atoms with Crippen molar-refractivity contribution in [3.05, 3.63) is 34.9 Å². The zero-order valence-corrected chi connectivity index (χ0v) is 11.2. The summed E-state index contributed by atoms with van der Waals surface area (Å²) in [6.07, 6.45) is 0.786. The van der Waals surface area contributed by atoms with Crippen LogP contribution in [0, 0.1) is 19.8 Å².